The number of aryl methyl sites for hydroxylation is 1. The number of nitrogens with zero attached hydrogens (tertiary/aromatic N) is 1. The molecular weight excluding hydrogens is 342 g/mol. The van der Waals surface area contributed by atoms with Crippen LogP contribution in [0.4, 0.5) is 17.1 Å². The Bertz CT molecular complexity index is 801. The third-order valence-electron chi connectivity index (χ3n) is 4.35. The minimum atomic E-state index is -0.410. The first kappa shape index (κ1) is 20.3. The maximum atomic E-state index is 12.3. The van der Waals surface area contributed by atoms with Gasteiger partial charge >= 0.3 is 5.97 Å². The van der Waals surface area contributed by atoms with Gasteiger partial charge in [-0.1, -0.05) is 6.07 Å². The van der Waals surface area contributed by atoms with E-state index in [1.165, 1.54) is 7.11 Å². The number of anilines is 3. The van der Waals surface area contributed by atoms with E-state index in [2.05, 4.69) is 35.4 Å². The fourth-order valence-corrected chi connectivity index (χ4v) is 2.82. The van der Waals surface area contributed by atoms with E-state index in [1.807, 2.05) is 19.1 Å². The predicted octanol–water partition coefficient (Wildman–Crippen LogP) is 3.68. The van der Waals surface area contributed by atoms with Crippen LogP contribution in [0.1, 0.15) is 29.8 Å². The summed E-state index contributed by atoms with van der Waals surface area (Å²) in [6.07, 6.45) is 0. The zero-order valence-electron chi connectivity index (χ0n) is 16.3. The zero-order valence-corrected chi connectivity index (χ0v) is 16.3. The normalized spacial score (nSPS) is 10.2. The average Bonchev–Trinajstić information content (AvgIpc) is 2.69. The summed E-state index contributed by atoms with van der Waals surface area (Å²) in [6, 6.07) is 12.9. The lowest BCUT2D eigenvalue weighted by Crippen LogP contribution is -2.23. The van der Waals surface area contributed by atoms with Crippen molar-refractivity contribution in [1.29, 1.82) is 0 Å². The van der Waals surface area contributed by atoms with Crippen LogP contribution in [0.25, 0.3) is 0 Å². The topological polar surface area (TPSA) is 70.7 Å². The van der Waals surface area contributed by atoms with Gasteiger partial charge in [0, 0.05) is 30.2 Å². The molecule has 2 aromatic rings. The standard InChI is InChI=1S/C21H27N3O3/c1-5-24(6-2)18-10-11-19(15(3)12-18)23-20(25)14-22-17-9-7-8-16(13-17)21(26)27-4/h7-13,22H,5-6,14H2,1-4H3,(H,23,25). The number of hydrogen-bond donors (Lipinski definition) is 2. The molecule has 0 radical (unpaired) electrons. The van der Waals surface area contributed by atoms with Crippen LogP contribution in [-0.2, 0) is 9.53 Å². The van der Waals surface area contributed by atoms with Crippen LogP contribution in [0, 0.1) is 6.92 Å². The number of nitrogens with one attached hydrogen (secondary N) is 2. The maximum Gasteiger partial charge on any atom is 0.337 e. The van der Waals surface area contributed by atoms with E-state index in [-0.39, 0.29) is 12.5 Å². The lowest BCUT2D eigenvalue weighted by molar-refractivity contribution is -0.114. The Balaban J connectivity index is 1.97. The van der Waals surface area contributed by atoms with Crippen molar-refractivity contribution in [3.8, 4) is 0 Å². The van der Waals surface area contributed by atoms with E-state index in [9.17, 15) is 9.59 Å². The highest BCUT2D eigenvalue weighted by molar-refractivity contribution is 5.95. The average molecular weight is 369 g/mol. The molecule has 2 N–H and O–H groups in total. The van der Waals surface area contributed by atoms with Crippen LogP contribution in [-0.4, -0.2) is 38.6 Å². The molecule has 0 spiro atoms. The second-order valence-corrected chi connectivity index (χ2v) is 6.15. The maximum absolute atomic E-state index is 12.3. The Morgan fingerprint density at radius 2 is 1.81 bits per heavy atom. The first-order valence-electron chi connectivity index (χ1n) is 9.06. The van der Waals surface area contributed by atoms with Crippen LogP contribution in [0.2, 0.25) is 0 Å². The summed E-state index contributed by atoms with van der Waals surface area (Å²) >= 11 is 0. The van der Waals surface area contributed by atoms with Crippen LogP contribution in [0.15, 0.2) is 42.5 Å². The molecular formula is C21H27N3O3. The van der Waals surface area contributed by atoms with Gasteiger partial charge in [-0.15, -0.1) is 0 Å². The van der Waals surface area contributed by atoms with Crippen molar-refractivity contribution in [2.45, 2.75) is 20.8 Å². The van der Waals surface area contributed by atoms with Gasteiger partial charge in [0.15, 0.2) is 0 Å². The first-order valence-corrected chi connectivity index (χ1v) is 9.06. The number of carbonyl (C=O) groups is 2. The third kappa shape index (κ3) is 5.48. The summed E-state index contributed by atoms with van der Waals surface area (Å²) < 4.78 is 4.70. The Kier molecular flexibility index (Phi) is 7.23. The Morgan fingerprint density at radius 1 is 1.07 bits per heavy atom. The van der Waals surface area contributed by atoms with Crippen molar-refractivity contribution in [3.63, 3.8) is 0 Å². The summed E-state index contributed by atoms with van der Waals surface area (Å²) in [4.78, 5) is 26.1. The van der Waals surface area contributed by atoms with Crippen molar-refractivity contribution >= 4 is 28.9 Å². The molecule has 0 heterocycles. The Hall–Kier alpha value is -3.02. The number of methoxy groups -OCH3 is 1. The van der Waals surface area contributed by atoms with E-state index in [0.29, 0.717) is 11.3 Å². The second kappa shape index (κ2) is 9.62. The summed E-state index contributed by atoms with van der Waals surface area (Å²) in [6.45, 7) is 8.20. The smallest absolute Gasteiger partial charge is 0.337 e. The fraction of sp³-hybridized carbons (Fsp3) is 0.333. The number of carbonyl (C=O) groups excluding carboxylic acids is 2. The minimum Gasteiger partial charge on any atom is -0.465 e. The zero-order chi connectivity index (χ0) is 19.8. The van der Waals surface area contributed by atoms with Gasteiger partial charge < -0.3 is 20.3 Å². The SMILES string of the molecule is CCN(CC)c1ccc(NC(=O)CNc2cccc(C(=O)OC)c2)c(C)c1. The van der Waals surface area contributed by atoms with E-state index < -0.39 is 5.97 Å². The second-order valence-electron chi connectivity index (χ2n) is 6.15. The molecule has 0 aliphatic rings. The number of benzene rings is 2. The van der Waals surface area contributed by atoms with E-state index in [0.717, 1.165) is 30.0 Å². The Labute approximate surface area is 160 Å². The largest absolute Gasteiger partial charge is 0.465 e. The van der Waals surface area contributed by atoms with Crippen molar-refractivity contribution in [3.05, 3.63) is 53.6 Å². The molecule has 0 fully saturated rings. The molecule has 0 bridgehead atoms. The molecule has 0 saturated heterocycles. The molecule has 0 aromatic heterocycles. The molecule has 2 aromatic carbocycles. The summed E-state index contributed by atoms with van der Waals surface area (Å²) in [5, 5.41) is 5.94. The van der Waals surface area contributed by atoms with Crippen LogP contribution in [0.5, 0.6) is 0 Å². The van der Waals surface area contributed by atoms with E-state index >= 15 is 0 Å². The monoisotopic (exact) mass is 369 g/mol. The van der Waals surface area contributed by atoms with Crippen molar-refractivity contribution in [2.24, 2.45) is 0 Å². The van der Waals surface area contributed by atoms with E-state index in [1.54, 1.807) is 24.3 Å². The van der Waals surface area contributed by atoms with Crippen molar-refractivity contribution in [2.75, 3.05) is 42.3 Å². The van der Waals surface area contributed by atoms with Crippen molar-refractivity contribution < 1.29 is 14.3 Å². The Morgan fingerprint density at radius 3 is 2.44 bits per heavy atom. The molecule has 0 unspecified atom stereocenters. The molecule has 0 atom stereocenters. The van der Waals surface area contributed by atoms with Crippen LogP contribution >= 0.6 is 0 Å². The molecule has 6 nitrogen and oxygen atoms in total. The number of amides is 1. The molecule has 1 amide bonds. The number of esters is 1. The van der Waals surface area contributed by atoms with Gasteiger partial charge in [0.05, 0.1) is 19.2 Å². The van der Waals surface area contributed by atoms with Gasteiger partial charge in [-0.3, -0.25) is 4.79 Å². The van der Waals surface area contributed by atoms with Crippen LogP contribution < -0.4 is 15.5 Å². The highest BCUT2D eigenvalue weighted by atomic mass is 16.5. The summed E-state index contributed by atoms with van der Waals surface area (Å²) in [5.41, 5.74) is 4.07. The van der Waals surface area contributed by atoms with Gasteiger partial charge in [-0.25, -0.2) is 4.79 Å². The van der Waals surface area contributed by atoms with E-state index in [4.69, 9.17) is 4.74 Å². The van der Waals surface area contributed by atoms with Crippen LogP contribution in [0.3, 0.4) is 0 Å². The molecule has 144 valence electrons. The highest BCUT2D eigenvalue weighted by Crippen LogP contribution is 2.22. The quantitative estimate of drug-likeness (QED) is 0.695. The third-order valence-corrected chi connectivity index (χ3v) is 4.35. The molecule has 0 aliphatic heterocycles. The predicted molar refractivity (Wildman–Crippen MR) is 110 cm³/mol. The van der Waals surface area contributed by atoms with Gasteiger partial charge in [0.2, 0.25) is 5.91 Å². The molecule has 0 saturated carbocycles. The number of rotatable bonds is 8. The van der Waals surface area contributed by atoms with Gasteiger partial charge in [-0.2, -0.15) is 0 Å². The number of ether oxygens (including phenoxy) is 1. The highest BCUT2D eigenvalue weighted by Gasteiger charge is 2.09. The summed E-state index contributed by atoms with van der Waals surface area (Å²) in [7, 11) is 1.34. The number of hydrogen-bond acceptors (Lipinski definition) is 5. The van der Waals surface area contributed by atoms with Crippen molar-refractivity contribution in [1.82, 2.24) is 0 Å². The lowest BCUT2D eigenvalue weighted by atomic mass is 10.1. The summed E-state index contributed by atoms with van der Waals surface area (Å²) in [5.74, 6) is -0.566. The first-order chi connectivity index (χ1) is 13.0. The van der Waals surface area contributed by atoms with Gasteiger partial charge in [0.25, 0.3) is 0 Å². The molecule has 27 heavy (non-hydrogen) atoms. The molecule has 0 aliphatic carbocycles. The molecule has 2 rings (SSSR count). The molecule has 6 heteroatoms. The lowest BCUT2D eigenvalue weighted by Gasteiger charge is -2.22. The van der Waals surface area contributed by atoms with Gasteiger partial charge in [-0.05, 0) is 62.7 Å². The minimum absolute atomic E-state index is 0.0991. The van der Waals surface area contributed by atoms with Gasteiger partial charge in [0.1, 0.15) is 0 Å². The fourth-order valence-electron chi connectivity index (χ4n) is 2.82.